The van der Waals surface area contributed by atoms with Crippen molar-refractivity contribution in [2.24, 2.45) is 5.92 Å². The molecule has 138 valence electrons. The minimum atomic E-state index is -3.34. The maximum absolute atomic E-state index is 12.3. The highest BCUT2D eigenvalue weighted by Crippen LogP contribution is 2.32. The summed E-state index contributed by atoms with van der Waals surface area (Å²) in [6, 6.07) is 5.06. The van der Waals surface area contributed by atoms with E-state index < -0.39 is 10.0 Å². The molecule has 0 saturated carbocycles. The molecule has 0 bridgehead atoms. The molecule has 0 radical (unpaired) electrons. The standard InChI is InChI=1S/C16H22N2O6S/c1-18(2)25(20,21)9-12-7-22-8-13(12)17-16(19)6-11-3-4-14-15(5-11)24-10-23-14/h3-5,12-13H,6-10H2,1-2H3,(H,17,19)/t12-,13-/m0/s1. The molecule has 0 aliphatic carbocycles. The Labute approximate surface area is 147 Å². The van der Waals surface area contributed by atoms with Gasteiger partial charge in [0.15, 0.2) is 11.5 Å². The molecule has 2 atom stereocenters. The Hall–Kier alpha value is -1.84. The van der Waals surface area contributed by atoms with Crippen LogP contribution in [0.15, 0.2) is 18.2 Å². The molecule has 1 aromatic rings. The number of carbonyl (C=O) groups is 1. The fraction of sp³-hybridized carbons (Fsp3) is 0.562. The maximum atomic E-state index is 12.3. The smallest absolute Gasteiger partial charge is 0.231 e. The number of nitrogens with one attached hydrogen (secondary N) is 1. The molecule has 1 saturated heterocycles. The number of benzene rings is 1. The minimum Gasteiger partial charge on any atom is -0.454 e. The maximum Gasteiger partial charge on any atom is 0.231 e. The first-order valence-electron chi connectivity index (χ1n) is 8.01. The van der Waals surface area contributed by atoms with Gasteiger partial charge in [-0.25, -0.2) is 12.7 Å². The minimum absolute atomic E-state index is 0.0467. The van der Waals surface area contributed by atoms with Gasteiger partial charge in [-0.1, -0.05) is 6.07 Å². The van der Waals surface area contributed by atoms with E-state index in [4.69, 9.17) is 14.2 Å². The van der Waals surface area contributed by atoms with Crippen LogP contribution >= 0.6 is 0 Å². The first kappa shape index (κ1) is 18.0. The molecule has 0 unspecified atom stereocenters. The molecule has 1 fully saturated rings. The van der Waals surface area contributed by atoms with Gasteiger partial charge in [-0.2, -0.15) is 0 Å². The van der Waals surface area contributed by atoms with Crippen molar-refractivity contribution in [3.05, 3.63) is 23.8 Å². The number of sulfonamides is 1. The number of hydrogen-bond donors (Lipinski definition) is 1. The van der Waals surface area contributed by atoms with Gasteiger partial charge in [-0.3, -0.25) is 4.79 Å². The summed E-state index contributed by atoms with van der Waals surface area (Å²) in [6.45, 7) is 0.828. The lowest BCUT2D eigenvalue weighted by molar-refractivity contribution is -0.121. The second kappa shape index (κ2) is 7.19. The van der Waals surface area contributed by atoms with Crippen LogP contribution in [-0.2, 0) is 26.0 Å². The van der Waals surface area contributed by atoms with Gasteiger partial charge < -0.3 is 19.5 Å². The van der Waals surface area contributed by atoms with E-state index in [0.717, 1.165) is 5.56 Å². The zero-order valence-electron chi connectivity index (χ0n) is 14.2. The third-order valence-electron chi connectivity index (χ3n) is 4.33. The lowest BCUT2D eigenvalue weighted by Crippen LogP contribution is -2.44. The molecule has 9 heteroatoms. The van der Waals surface area contributed by atoms with Gasteiger partial charge in [0, 0.05) is 20.0 Å². The largest absolute Gasteiger partial charge is 0.454 e. The number of carbonyl (C=O) groups excluding carboxylic acids is 1. The Kier molecular flexibility index (Phi) is 5.16. The molecular weight excluding hydrogens is 348 g/mol. The molecule has 0 aromatic heterocycles. The number of hydrogen-bond acceptors (Lipinski definition) is 6. The van der Waals surface area contributed by atoms with Gasteiger partial charge in [0.25, 0.3) is 0 Å². The summed E-state index contributed by atoms with van der Waals surface area (Å²) < 4.78 is 41.2. The predicted octanol–water partition coefficient (Wildman–Crippen LogP) is -0.0196. The van der Waals surface area contributed by atoms with E-state index in [1.54, 1.807) is 12.1 Å². The van der Waals surface area contributed by atoms with E-state index in [1.165, 1.54) is 18.4 Å². The second-order valence-corrected chi connectivity index (χ2v) is 8.62. The summed E-state index contributed by atoms with van der Waals surface area (Å²) >= 11 is 0. The van der Waals surface area contributed by atoms with Crippen molar-refractivity contribution in [3.63, 3.8) is 0 Å². The molecule has 1 amide bonds. The van der Waals surface area contributed by atoms with Crippen LogP contribution in [0.3, 0.4) is 0 Å². The van der Waals surface area contributed by atoms with Crippen molar-refractivity contribution in [2.75, 3.05) is 39.9 Å². The number of amides is 1. The SMILES string of the molecule is CN(C)S(=O)(=O)C[C@@H]1COC[C@@H]1NC(=O)Cc1ccc2c(c1)OCO2. The van der Waals surface area contributed by atoms with Crippen molar-refractivity contribution in [1.82, 2.24) is 9.62 Å². The summed E-state index contributed by atoms with van der Waals surface area (Å²) in [7, 11) is -0.348. The first-order chi connectivity index (χ1) is 11.8. The lowest BCUT2D eigenvalue weighted by atomic mass is 10.1. The highest BCUT2D eigenvalue weighted by molar-refractivity contribution is 7.89. The van der Waals surface area contributed by atoms with Gasteiger partial charge in [-0.15, -0.1) is 0 Å². The fourth-order valence-corrected chi connectivity index (χ4v) is 4.00. The Balaban J connectivity index is 1.58. The molecule has 2 aliphatic heterocycles. The van der Waals surface area contributed by atoms with Crippen molar-refractivity contribution >= 4 is 15.9 Å². The topological polar surface area (TPSA) is 94.2 Å². The van der Waals surface area contributed by atoms with Crippen LogP contribution in [0.25, 0.3) is 0 Å². The normalized spacial score (nSPS) is 22.4. The average molecular weight is 370 g/mol. The van der Waals surface area contributed by atoms with E-state index in [-0.39, 0.29) is 36.8 Å². The van der Waals surface area contributed by atoms with E-state index in [0.29, 0.717) is 24.7 Å². The summed E-state index contributed by atoms with van der Waals surface area (Å²) in [4.78, 5) is 12.3. The van der Waals surface area contributed by atoms with Crippen LogP contribution in [0.4, 0.5) is 0 Å². The number of rotatable bonds is 6. The van der Waals surface area contributed by atoms with E-state index in [2.05, 4.69) is 5.32 Å². The third-order valence-corrected chi connectivity index (χ3v) is 6.29. The molecule has 1 N–H and O–H groups in total. The molecule has 2 aliphatic rings. The Bertz CT molecular complexity index is 749. The van der Waals surface area contributed by atoms with Crippen LogP contribution in [0.2, 0.25) is 0 Å². The summed E-state index contributed by atoms with van der Waals surface area (Å²) in [5.74, 6) is 0.816. The van der Waals surface area contributed by atoms with Crippen molar-refractivity contribution in [3.8, 4) is 11.5 Å². The highest BCUT2D eigenvalue weighted by Gasteiger charge is 2.34. The zero-order chi connectivity index (χ0) is 18.0. The van der Waals surface area contributed by atoms with E-state index in [9.17, 15) is 13.2 Å². The van der Waals surface area contributed by atoms with E-state index in [1.807, 2.05) is 6.07 Å². The van der Waals surface area contributed by atoms with Crippen molar-refractivity contribution in [1.29, 1.82) is 0 Å². The van der Waals surface area contributed by atoms with Gasteiger partial charge >= 0.3 is 0 Å². The predicted molar refractivity (Wildman–Crippen MR) is 90.0 cm³/mol. The number of ether oxygens (including phenoxy) is 3. The molecule has 2 heterocycles. The Morgan fingerprint density at radius 3 is 2.76 bits per heavy atom. The molecular formula is C16H22N2O6S. The van der Waals surface area contributed by atoms with Crippen molar-refractivity contribution < 1.29 is 27.4 Å². The average Bonchev–Trinajstić information content (AvgIpc) is 3.16. The monoisotopic (exact) mass is 370 g/mol. The van der Waals surface area contributed by atoms with Crippen LogP contribution in [0, 0.1) is 5.92 Å². The number of nitrogens with zero attached hydrogens (tertiary/aromatic N) is 1. The third kappa shape index (κ3) is 4.23. The zero-order valence-corrected chi connectivity index (χ0v) is 15.0. The van der Waals surface area contributed by atoms with Gasteiger partial charge in [0.05, 0.1) is 31.4 Å². The quantitative estimate of drug-likeness (QED) is 0.756. The van der Waals surface area contributed by atoms with Crippen molar-refractivity contribution in [2.45, 2.75) is 12.5 Å². The molecule has 8 nitrogen and oxygen atoms in total. The molecule has 1 aromatic carbocycles. The summed E-state index contributed by atoms with van der Waals surface area (Å²) in [5, 5.41) is 2.89. The van der Waals surface area contributed by atoms with Crippen LogP contribution in [-0.4, -0.2) is 64.5 Å². The number of fused-ring (bicyclic) bond motifs is 1. The van der Waals surface area contributed by atoms with Gasteiger partial charge in [0.1, 0.15) is 0 Å². The lowest BCUT2D eigenvalue weighted by Gasteiger charge is -2.21. The van der Waals surface area contributed by atoms with Gasteiger partial charge in [0.2, 0.25) is 22.7 Å². The Morgan fingerprint density at radius 1 is 1.24 bits per heavy atom. The summed E-state index contributed by atoms with van der Waals surface area (Å²) in [6.07, 6.45) is 0.181. The fourth-order valence-electron chi connectivity index (χ4n) is 2.84. The van der Waals surface area contributed by atoms with E-state index >= 15 is 0 Å². The first-order valence-corrected chi connectivity index (χ1v) is 9.62. The molecule has 3 rings (SSSR count). The molecule has 25 heavy (non-hydrogen) atoms. The van der Waals surface area contributed by atoms with Gasteiger partial charge in [-0.05, 0) is 17.7 Å². The van der Waals surface area contributed by atoms with Crippen LogP contribution < -0.4 is 14.8 Å². The van der Waals surface area contributed by atoms with Crippen LogP contribution in [0.5, 0.6) is 11.5 Å². The molecule has 0 spiro atoms. The van der Waals surface area contributed by atoms with Crippen LogP contribution in [0.1, 0.15) is 5.56 Å². The summed E-state index contributed by atoms with van der Waals surface area (Å²) in [5.41, 5.74) is 0.804. The second-order valence-electron chi connectivity index (χ2n) is 6.40. The Morgan fingerprint density at radius 2 is 2.00 bits per heavy atom. The highest BCUT2D eigenvalue weighted by atomic mass is 32.2.